The van der Waals surface area contributed by atoms with Gasteiger partial charge in [-0.25, -0.2) is 0 Å². The number of methoxy groups -OCH3 is 3. The molecule has 38 heavy (non-hydrogen) atoms. The summed E-state index contributed by atoms with van der Waals surface area (Å²) in [6.07, 6.45) is 3.81. The Labute approximate surface area is 233 Å². The number of hydrogen-bond acceptors (Lipinski definition) is 8. The van der Waals surface area contributed by atoms with Crippen molar-refractivity contribution in [3.63, 3.8) is 0 Å². The van der Waals surface area contributed by atoms with Gasteiger partial charge in [-0.15, -0.1) is 11.8 Å². The van der Waals surface area contributed by atoms with Crippen LogP contribution in [0.1, 0.15) is 64.0 Å². The van der Waals surface area contributed by atoms with Gasteiger partial charge in [0.2, 0.25) is 0 Å². The highest BCUT2D eigenvalue weighted by Gasteiger charge is 2.21. The highest BCUT2D eigenvalue weighted by Crippen LogP contribution is 2.33. The lowest BCUT2D eigenvalue weighted by Crippen LogP contribution is -2.34. The molecule has 0 amide bonds. The zero-order valence-corrected chi connectivity index (χ0v) is 24.7. The van der Waals surface area contributed by atoms with Crippen LogP contribution in [0.5, 0.6) is 5.75 Å². The van der Waals surface area contributed by atoms with Crippen molar-refractivity contribution in [2.45, 2.75) is 82.9 Å². The van der Waals surface area contributed by atoms with Crippen molar-refractivity contribution >= 4 is 23.7 Å². The second-order valence-corrected chi connectivity index (χ2v) is 9.66. The average molecular weight is 547 g/mol. The molecule has 1 heterocycles. The number of esters is 2. The van der Waals surface area contributed by atoms with Crippen LogP contribution in [0.2, 0.25) is 0 Å². The topological polar surface area (TPSA) is 85.9 Å². The van der Waals surface area contributed by atoms with Gasteiger partial charge in [-0.3, -0.25) is 9.59 Å². The molecule has 212 valence electrons. The molecule has 2 N–H and O–H groups in total. The summed E-state index contributed by atoms with van der Waals surface area (Å²) in [5.74, 6) is 1.10. The lowest BCUT2D eigenvalue weighted by molar-refractivity contribution is -0.143. The van der Waals surface area contributed by atoms with Crippen LogP contribution in [0.25, 0.3) is 0 Å². The highest BCUT2D eigenvalue weighted by molar-refractivity contribution is 7.99. The minimum Gasteiger partial charge on any atom is -0.496 e. The van der Waals surface area contributed by atoms with Gasteiger partial charge in [0.15, 0.2) is 0 Å². The number of nitrogens with one attached hydrogen (secondary N) is 2. The molecule has 1 aliphatic heterocycles. The van der Waals surface area contributed by atoms with Crippen molar-refractivity contribution in [2.75, 3.05) is 27.1 Å². The van der Waals surface area contributed by atoms with E-state index < -0.39 is 0 Å². The van der Waals surface area contributed by atoms with Gasteiger partial charge >= 0.3 is 11.9 Å². The molecule has 0 saturated heterocycles. The molecule has 2 aromatic rings. The van der Waals surface area contributed by atoms with E-state index in [2.05, 4.69) is 29.7 Å². The summed E-state index contributed by atoms with van der Waals surface area (Å²) in [6, 6.07) is 16.4. The Hall–Kier alpha value is -2.55. The molecule has 0 saturated carbocycles. The Kier molecular flexibility index (Phi) is 18.0. The summed E-state index contributed by atoms with van der Waals surface area (Å²) in [7, 11) is 4.34. The monoisotopic (exact) mass is 546 g/mol. The number of benzene rings is 2. The van der Waals surface area contributed by atoms with Gasteiger partial charge in [0.1, 0.15) is 5.75 Å². The summed E-state index contributed by atoms with van der Waals surface area (Å²) in [6.45, 7) is 7.52. The number of ether oxygens (including phenoxy) is 3. The van der Waals surface area contributed by atoms with Gasteiger partial charge < -0.3 is 24.8 Å². The quantitative estimate of drug-likeness (QED) is 0.345. The molecule has 0 fully saturated rings. The maximum absolute atomic E-state index is 11.7. The van der Waals surface area contributed by atoms with Crippen LogP contribution in [0.3, 0.4) is 0 Å². The van der Waals surface area contributed by atoms with Gasteiger partial charge in [-0.05, 0) is 24.1 Å². The highest BCUT2D eigenvalue weighted by atomic mass is 32.2. The standard InChI is InChI=1S/C22H34N2O5S.C6H6.C2H6/c1-5-6-7-17-14-30-20-9-15(19(27-2)8-16(20)13-23-17)12-24-18(10-21(25)28-3)11-22(26)29-4;1-2-4-6-5-3-1;1-2/h8-9,17-18,23-24H,5-7,10-14H2,1-4H3;1-6H;1-2H3. The fourth-order valence-electron chi connectivity index (χ4n) is 3.81. The van der Waals surface area contributed by atoms with Crippen LogP contribution in [0.4, 0.5) is 0 Å². The molecule has 8 heteroatoms. The Bertz CT molecular complexity index is 882. The first-order valence-corrected chi connectivity index (χ1v) is 14.4. The number of carbonyl (C=O) groups excluding carboxylic acids is 2. The van der Waals surface area contributed by atoms with E-state index in [-0.39, 0.29) is 30.8 Å². The van der Waals surface area contributed by atoms with Gasteiger partial charge in [0.25, 0.3) is 0 Å². The molecule has 0 aromatic heterocycles. The first-order valence-electron chi connectivity index (χ1n) is 13.4. The fourth-order valence-corrected chi connectivity index (χ4v) is 5.02. The van der Waals surface area contributed by atoms with Crippen LogP contribution in [-0.4, -0.2) is 51.1 Å². The number of hydrogen-bond donors (Lipinski definition) is 2. The number of thioether (sulfide) groups is 1. The molecule has 0 radical (unpaired) electrons. The maximum Gasteiger partial charge on any atom is 0.307 e. The Morgan fingerprint density at radius 2 is 1.58 bits per heavy atom. The second-order valence-electron chi connectivity index (χ2n) is 8.60. The summed E-state index contributed by atoms with van der Waals surface area (Å²) in [5, 5.41) is 6.95. The van der Waals surface area contributed by atoms with Crippen LogP contribution in [0.15, 0.2) is 53.4 Å². The normalized spacial score (nSPS) is 14.0. The SMILES string of the molecule is CC.CCCCC1CSc2cc(CNC(CC(=O)OC)CC(=O)OC)c(OC)cc2CN1.c1ccccc1. The summed E-state index contributed by atoms with van der Waals surface area (Å²) in [4.78, 5) is 24.7. The van der Waals surface area contributed by atoms with E-state index in [1.54, 1.807) is 7.11 Å². The molecule has 3 rings (SSSR count). The smallest absolute Gasteiger partial charge is 0.307 e. The summed E-state index contributed by atoms with van der Waals surface area (Å²) >= 11 is 1.87. The maximum atomic E-state index is 11.7. The van der Waals surface area contributed by atoms with E-state index in [1.165, 1.54) is 43.9 Å². The van der Waals surface area contributed by atoms with Gasteiger partial charge in [0, 0.05) is 41.4 Å². The lowest BCUT2D eigenvalue weighted by Gasteiger charge is -2.19. The van der Waals surface area contributed by atoms with E-state index in [0.29, 0.717) is 12.6 Å². The van der Waals surface area contributed by atoms with E-state index in [4.69, 9.17) is 14.2 Å². The lowest BCUT2D eigenvalue weighted by atomic mass is 10.1. The van der Waals surface area contributed by atoms with Crippen LogP contribution >= 0.6 is 11.8 Å². The zero-order valence-electron chi connectivity index (χ0n) is 23.9. The predicted octanol–water partition coefficient (Wildman–Crippen LogP) is 5.75. The molecular weight excluding hydrogens is 500 g/mol. The van der Waals surface area contributed by atoms with Crippen LogP contribution in [0, 0.1) is 0 Å². The summed E-state index contributed by atoms with van der Waals surface area (Å²) < 4.78 is 15.1. The molecular formula is C30H46N2O5S. The number of carbonyl (C=O) groups is 2. The van der Waals surface area contributed by atoms with E-state index in [0.717, 1.165) is 23.6 Å². The fraction of sp³-hybridized carbons (Fsp3) is 0.533. The van der Waals surface area contributed by atoms with E-state index in [1.807, 2.05) is 62.0 Å². The third-order valence-corrected chi connectivity index (χ3v) is 7.18. The minimum atomic E-state index is -0.374. The van der Waals surface area contributed by atoms with Crippen molar-refractivity contribution in [1.82, 2.24) is 10.6 Å². The molecule has 1 unspecified atom stereocenters. The summed E-state index contributed by atoms with van der Waals surface area (Å²) in [5.41, 5.74) is 2.23. The van der Waals surface area contributed by atoms with Gasteiger partial charge in [-0.2, -0.15) is 0 Å². The molecule has 2 aromatic carbocycles. The number of fused-ring (bicyclic) bond motifs is 1. The Morgan fingerprint density at radius 1 is 1.00 bits per heavy atom. The molecule has 7 nitrogen and oxygen atoms in total. The van der Waals surface area contributed by atoms with Crippen LogP contribution in [-0.2, 0) is 32.2 Å². The second kappa shape index (κ2) is 20.4. The largest absolute Gasteiger partial charge is 0.496 e. The predicted molar refractivity (Wildman–Crippen MR) is 156 cm³/mol. The first kappa shape index (κ1) is 33.5. The van der Waals surface area contributed by atoms with Crippen molar-refractivity contribution in [1.29, 1.82) is 0 Å². The zero-order chi connectivity index (χ0) is 28.2. The molecule has 1 atom stereocenters. The van der Waals surface area contributed by atoms with Gasteiger partial charge in [-0.1, -0.05) is 70.0 Å². The third kappa shape index (κ3) is 12.8. The van der Waals surface area contributed by atoms with Gasteiger partial charge in [0.05, 0.1) is 34.2 Å². The number of unbranched alkanes of at least 4 members (excludes halogenated alkanes) is 1. The van der Waals surface area contributed by atoms with Crippen molar-refractivity contribution < 1.29 is 23.8 Å². The molecule has 1 aliphatic rings. The van der Waals surface area contributed by atoms with Crippen LogP contribution < -0.4 is 15.4 Å². The average Bonchev–Trinajstić information content (AvgIpc) is 3.17. The first-order chi connectivity index (χ1) is 18.5. The molecule has 0 bridgehead atoms. The van der Waals surface area contributed by atoms with Crippen molar-refractivity contribution in [2.24, 2.45) is 0 Å². The Balaban J connectivity index is 0.000000777. The van der Waals surface area contributed by atoms with Crippen molar-refractivity contribution in [3.05, 3.63) is 59.7 Å². The number of rotatable bonds is 11. The molecule has 0 spiro atoms. The molecule has 0 aliphatic carbocycles. The third-order valence-electron chi connectivity index (χ3n) is 5.92. The minimum absolute atomic E-state index is 0.0939. The van der Waals surface area contributed by atoms with E-state index in [9.17, 15) is 9.59 Å². The Morgan fingerprint density at radius 3 is 2.08 bits per heavy atom. The van der Waals surface area contributed by atoms with Crippen molar-refractivity contribution in [3.8, 4) is 5.75 Å². The van der Waals surface area contributed by atoms with E-state index >= 15 is 0 Å².